The van der Waals surface area contributed by atoms with Crippen LogP contribution in [0.3, 0.4) is 0 Å². The van der Waals surface area contributed by atoms with Gasteiger partial charge in [-0.25, -0.2) is 18.1 Å². The van der Waals surface area contributed by atoms with Crippen LogP contribution in [-0.2, 0) is 24.4 Å². The maximum atomic E-state index is 14.0. The molecule has 2 aliphatic carbocycles. The molecular formula is C39H52N6O7S. The minimum absolute atomic E-state index is 0.0386. The SMILES string of the molecule is COc1ccc2c(OCC[C@@H]3NC(=O)CCCCCC=C[C@@H]4C[C@@]4(C(=O)NS(=O)(=O)C4CCCCC4)NC3=O)cc(-n3ccc(C(C)C)n3)nc2c1C. The van der Waals surface area contributed by atoms with Gasteiger partial charge in [0.1, 0.15) is 23.1 Å². The van der Waals surface area contributed by atoms with Crippen molar-refractivity contribution in [3.8, 4) is 17.3 Å². The van der Waals surface area contributed by atoms with E-state index in [0.29, 0.717) is 42.1 Å². The second kappa shape index (κ2) is 16.3. The number of rotatable bonds is 10. The Kier molecular flexibility index (Phi) is 11.8. The van der Waals surface area contributed by atoms with Crippen LogP contribution in [0.15, 0.2) is 42.6 Å². The minimum Gasteiger partial charge on any atom is -0.496 e. The van der Waals surface area contributed by atoms with Gasteiger partial charge in [0.15, 0.2) is 5.82 Å². The van der Waals surface area contributed by atoms with Gasteiger partial charge in [0.2, 0.25) is 21.8 Å². The van der Waals surface area contributed by atoms with E-state index in [2.05, 4.69) is 29.2 Å². The fourth-order valence-electron chi connectivity index (χ4n) is 7.37. The summed E-state index contributed by atoms with van der Waals surface area (Å²) in [5.74, 6) is 0.00687. The average Bonchev–Trinajstić information content (AvgIpc) is 3.59. The number of fused-ring (bicyclic) bond motifs is 2. The molecule has 53 heavy (non-hydrogen) atoms. The molecule has 6 rings (SSSR count). The highest BCUT2D eigenvalue weighted by Crippen LogP contribution is 2.45. The lowest BCUT2D eigenvalue weighted by molar-refractivity contribution is -0.132. The standard InChI is InChI=1S/C39H52N6O7S/c1-25(2)30-19-21-45(43-30)34-23-33(29-17-18-32(51-4)26(3)36(29)41-34)52-22-20-31-37(47)42-39(38(48)44-53(49,50)28-14-10-8-11-15-28)24-27(39)13-9-6-5-7-12-16-35(46)40-31/h9,13,17-19,21,23,25,27-28,31H,5-8,10-12,14-16,20,22,24H2,1-4H3,(H,40,46)(H,42,47)(H,44,48)/t27-,31+,39-/m1/s1. The molecule has 3 aromatic rings. The van der Waals surface area contributed by atoms with E-state index in [0.717, 1.165) is 55.2 Å². The number of sulfonamides is 1. The Morgan fingerprint density at radius 3 is 2.58 bits per heavy atom. The summed E-state index contributed by atoms with van der Waals surface area (Å²) in [6.45, 7) is 6.10. The van der Waals surface area contributed by atoms with E-state index in [9.17, 15) is 22.8 Å². The van der Waals surface area contributed by atoms with E-state index in [1.807, 2.05) is 43.5 Å². The zero-order valence-corrected chi connectivity index (χ0v) is 32.0. The maximum Gasteiger partial charge on any atom is 0.259 e. The molecule has 0 bridgehead atoms. The number of hydrogen-bond acceptors (Lipinski definition) is 9. The van der Waals surface area contributed by atoms with Gasteiger partial charge in [-0.1, -0.05) is 51.7 Å². The lowest BCUT2D eigenvalue weighted by Crippen LogP contribution is -2.57. The fraction of sp³-hybridized carbons (Fsp3) is 0.564. The highest BCUT2D eigenvalue weighted by Gasteiger charge is 2.61. The van der Waals surface area contributed by atoms with Crippen LogP contribution in [-0.4, -0.2) is 71.5 Å². The number of pyridine rings is 1. The van der Waals surface area contributed by atoms with Crippen LogP contribution in [0.4, 0.5) is 0 Å². The van der Waals surface area contributed by atoms with Crippen LogP contribution >= 0.6 is 0 Å². The van der Waals surface area contributed by atoms with Crippen molar-refractivity contribution in [2.75, 3.05) is 13.7 Å². The van der Waals surface area contributed by atoms with Crippen molar-refractivity contribution in [2.24, 2.45) is 5.92 Å². The van der Waals surface area contributed by atoms with Gasteiger partial charge >= 0.3 is 0 Å². The van der Waals surface area contributed by atoms with Gasteiger partial charge in [0.05, 0.1) is 30.2 Å². The molecule has 286 valence electrons. The van der Waals surface area contributed by atoms with Crippen molar-refractivity contribution in [2.45, 2.75) is 121 Å². The minimum atomic E-state index is -3.93. The molecule has 13 nitrogen and oxygen atoms in total. The third kappa shape index (κ3) is 8.69. The highest BCUT2D eigenvalue weighted by atomic mass is 32.2. The number of carbonyl (C=O) groups is 3. The zero-order chi connectivity index (χ0) is 37.8. The van der Waals surface area contributed by atoms with Gasteiger partial charge < -0.3 is 20.1 Å². The number of carbonyl (C=O) groups excluding carboxylic acids is 3. The number of allylic oxidation sites excluding steroid dienone is 1. The van der Waals surface area contributed by atoms with Crippen molar-refractivity contribution in [1.82, 2.24) is 30.1 Å². The van der Waals surface area contributed by atoms with Crippen LogP contribution < -0.4 is 24.8 Å². The number of nitrogens with zero attached hydrogens (tertiary/aromatic N) is 3. The number of nitrogens with one attached hydrogen (secondary N) is 3. The van der Waals surface area contributed by atoms with Gasteiger partial charge in [-0.05, 0) is 69.6 Å². The first-order valence-electron chi connectivity index (χ1n) is 18.9. The summed E-state index contributed by atoms with van der Waals surface area (Å²) in [4.78, 5) is 45.8. The molecule has 0 unspecified atom stereocenters. The first-order chi connectivity index (χ1) is 25.4. The monoisotopic (exact) mass is 748 g/mol. The Morgan fingerprint density at radius 1 is 1.08 bits per heavy atom. The fourth-order valence-corrected chi connectivity index (χ4v) is 8.93. The summed E-state index contributed by atoms with van der Waals surface area (Å²) in [7, 11) is -2.32. The number of benzene rings is 1. The van der Waals surface area contributed by atoms with Crippen molar-refractivity contribution < 1.29 is 32.3 Å². The predicted molar refractivity (Wildman–Crippen MR) is 201 cm³/mol. The molecule has 2 fully saturated rings. The average molecular weight is 749 g/mol. The summed E-state index contributed by atoms with van der Waals surface area (Å²) in [6.07, 6.45) is 13.1. The van der Waals surface area contributed by atoms with Gasteiger partial charge in [-0.2, -0.15) is 5.10 Å². The second-order valence-corrected chi connectivity index (χ2v) is 16.9. The molecule has 2 saturated carbocycles. The molecule has 3 atom stereocenters. The van der Waals surface area contributed by atoms with Crippen molar-refractivity contribution in [1.29, 1.82) is 0 Å². The highest BCUT2D eigenvalue weighted by molar-refractivity contribution is 7.90. The van der Waals surface area contributed by atoms with Crippen molar-refractivity contribution in [3.05, 3.63) is 53.9 Å². The molecule has 3 aliphatic rings. The number of hydrogen-bond donors (Lipinski definition) is 3. The first kappa shape index (κ1) is 38.3. The molecule has 0 saturated heterocycles. The van der Waals surface area contributed by atoms with Crippen LogP contribution in [0.2, 0.25) is 0 Å². The summed E-state index contributed by atoms with van der Waals surface area (Å²) >= 11 is 0. The Morgan fingerprint density at radius 2 is 1.85 bits per heavy atom. The van der Waals surface area contributed by atoms with E-state index < -0.39 is 38.7 Å². The second-order valence-electron chi connectivity index (χ2n) is 14.9. The van der Waals surface area contributed by atoms with Crippen LogP contribution in [0, 0.1) is 12.8 Å². The molecule has 2 aromatic heterocycles. The van der Waals surface area contributed by atoms with Gasteiger partial charge in [-0.15, -0.1) is 0 Å². The van der Waals surface area contributed by atoms with Gasteiger partial charge in [-0.3, -0.25) is 19.1 Å². The van der Waals surface area contributed by atoms with E-state index in [4.69, 9.17) is 19.6 Å². The van der Waals surface area contributed by atoms with E-state index in [-0.39, 0.29) is 43.6 Å². The van der Waals surface area contributed by atoms with E-state index >= 15 is 0 Å². The normalized spacial score (nSPS) is 23.1. The first-order valence-corrected chi connectivity index (χ1v) is 20.5. The summed E-state index contributed by atoms with van der Waals surface area (Å²) in [6, 6.07) is 6.43. The molecular weight excluding hydrogens is 697 g/mol. The molecule has 3 heterocycles. The number of amides is 3. The lowest BCUT2D eigenvalue weighted by atomic mass is 10.0. The van der Waals surface area contributed by atoms with Crippen LogP contribution in [0.1, 0.15) is 108 Å². The smallest absolute Gasteiger partial charge is 0.259 e. The molecule has 3 amide bonds. The molecule has 1 aromatic carbocycles. The van der Waals surface area contributed by atoms with Crippen molar-refractivity contribution in [3.63, 3.8) is 0 Å². The maximum absolute atomic E-state index is 14.0. The molecule has 0 spiro atoms. The lowest BCUT2D eigenvalue weighted by Gasteiger charge is -2.26. The molecule has 3 N–H and O–H groups in total. The van der Waals surface area contributed by atoms with Gasteiger partial charge in [0.25, 0.3) is 5.91 Å². The van der Waals surface area contributed by atoms with E-state index in [1.54, 1.807) is 17.9 Å². The number of ether oxygens (including phenoxy) is 2. The number of aryl methyl sites for hydroxylation is 1. The van der Waals surface area contributed by atoms with Gasteiger partial charge in [0, 0.05) is 42.0 Å². The third-order valence-corrected chi connectivity index (χ3v) is 12.6. The summed E-state index contributed by atoms with van der Waals surface area (Å²) < 4.78 is 42.5. The molecule has 14 heteroatoms. The Balaban J connectivity index is 1.24. The quantitative estimate of drug-likeness (QED) is 0.233. The van der Waals surface area contributed by atoms with E-state index in [1.165, 1.54) is 0 Å². The largest absolute Gasteiger partial charge is 0.496 e. The number of methoxy groups -OCH3 is 1. The zero-order valence-electron chi connectivity index (χ0n) is 31.2. The van der Waals surface area contributed by atoms with Crippen LogP contribution in [0.5, 0.6) is 11.5 Å². The topological polar surface area (TPSA) is 171 Å². The Bertz CT molecular complexity index is 1970. The number of aromatic nitrogens is 3. The van der Waals surface area contributed by atoms with Crippen LogP contribution in [0.25, 0.3) is 16.7 Å². The predicted octanol–water partition coefficient (Wildman–Crippen LogP) is 5.29. The Hall–Kier alpha value is -4.46. The van der Waals surface area contributed by atoms with Crippen molar-refractivity contribution >= 4 is 38.6 Å². The Labute approximate surface area is 311 Å². The summed E-state index contributed by atoms with van der Waals surface area (Å²) in [5, 5.41) is 10.6. The summed E-state index contributed by atoms with van der Waals surface area (Å²) in [5.41, 5.74) is 0.979. The molecule has 1 aliphatic heterocycles. The molecule has 0 radical (unpaired) electrons. The third-order valence-electron chi connectivity index (χ3n) is 10.7.